The number of nitrogens with one attached hydrogen (secondary N) is 2. The Morgan fingerprint density at radius 1 is 1.19 bits per heavy atom. The summed E-state index contributed by atoms with van der Waals surface area (Å²) in [6.45, 7) is 3.79. The first-order valence-corrected chi connectivity index (χ1v) is 9.63. The number of hydrogen-bond donors (Lipinski definition) is 3. The van der Waals surface area contributed by atoms with Crippen LogP contribution in [0, 0.1) is 0 Å². The van der Waals surface area contributed by atoms with Crippen LogP contribution in [-0.2, 0) is 10.2 Å². The molecule has 0 saturated carbocycles. The molecule has 9 heteroatoms. The fourth-order valence-corrected chi connectivity index (χ4v) is 3.44. The molecule has 27 heavy (non-hydrogen) atoms. The molecule has 1 amide bonds. The van der Waals surface area contributed by atoms with Crippen molar-refractivity contribution in [1.29, 1.82) is 0 Å². The van der Waals surface area contributed by atoms with Crippen molar-refractivity contribution in [2.24, 2.45) is 10.1 Å². The minimum Gasteiger partial charge on any atom is -0.490 e. The zero-order valence-corrected chi connectivity index (χ0v) is 15.7. The van der Waals surface area contributed by atoms with Gasteiger partial charge in [0.05, 0.1) is 16.8 Å². The van der Waals surface area contributed by atoms with Crippen molar-refractivity contribution in [1.82, 2.24) is 5.32 Å². The Morgan fingerprint density at radius 3 is 2.59 bits per heavy atom. The minimum atomic E-state index is -3.85. The molecule has 0 saturated heterocycles. The lowest BCUT2D eigenvalue weighted by Gasteiger charge is -2.27. The second-order valence-corrected chi connectivity index (χ2v) is 8.06. The van der Waals surface area contributed by atoms with E-state index in [2.05, 4.69) is 14.4 Å². The molecule has 1 aliphatic rings. The summed E-state index contributed by atoms with van der Waals surface area (Å²) in [5, 5.41) is 2.91. The Labute approximate surface area is 157 Å². The molecule has 0 aliphatic carbocycles. The second kappa shape index (κ2) is 6.92. The first-order chi connectivity index (χ1) is 12.7. The lowest BCUT2D eigenvalue weighted by molar-refractivity contribution is 0.0880. The normalized spacial score (nSPS) is 15.1. The Bertz CT molecular complexity index is 1000. The number of carbonyl (C=O) groups excluding carboxylic acids is 1. The van der Waals surface area contributed by atoms with Gasteiger partial charge in [0.25, 0.3) is 5.91 Å². The van der Waals surface area contributed by atoms with Gasteiger partial charge < -0.3 is 15.8 Å². The summed E-state index contributed by atoms with van der Waals surface area (Å²) in [6.07, 6.45) is 0. The highest BCUT2D eigenvalue weighted by atomic mass is 32.2. The van der Waals surface area contributed by atoms with Crippen LogP contribution >= 0.6 is 0 Å². The highest BCUT2D eigenvalue weighted by molar-refractivity contribution is 7.91. The number of anilines is 1. The van der Waals surface area contributed by atoms with E-state index in [-0.39, 0.29) is 18.3 Å². The van der Waals surface area contributed by atoms with E-state index in [1.165, 1.54) is 0 Å². The molecule has 142 valence electrons. The number of rotatable bonds is 5. The molecule has 0 atom stereocenters. The molecule has 0 aromatic heterocycles. The highest BCUT2D eigenvalue weighted by Crippen LogP contribution is 2.30. The van der Waals surface area contributed by atoms with Crippen LogP contribution in [-0.4, -0.2) is 32.3 Å². The predicted molar refractivity (Wildman–Crippen MR) is 103 cm³/mol. The van der Waals surface area contributed by atoms with Crippen LogP contribution in [0.1, 0.15) is 29.8 Å². The van der Waals surface area contributed by atoms with Crippen molar-refractivity contribution in [3.8, 4) is 5.75 Å². The monoisotopic (exact) mass is 388 g/mol. The van der Waals surface area contributed by atoms with Gasteiger partial charge in [-0.25, -0.2) is 0 Å². The number of nitrogens with zero attached hydrogens (tertiary/aromatic N) is 1. The van der Waals surface area contributed by atoms with Crippen LogP contribution in [0.15, 0.2) is 52.9 Å². The standard InChI is InChI=1S/C18H20N4O4S/c1-18(2,20-17(23)12-7-4-3-5-8-12)11-26-14-10-6-9-13-15(14)16(19)22-27(24,25)21-13/h3-10,21H,11H2,1-2H3,(H2,19,22)(H,20,23). The number of nitrogens with two attached hydrogens (primary N) is 1. The zero-order valence-electron chi connectivity index (χ0n) is 14.9. The molecule has 0 bridgehead atoms. The number of ether oxygens (including phenoxy) is 1. The number of hydrogen-bond acceptors (Lipinski definition) is 5. The lowest BCUT2D eigenvalue weighted by Crippen LogP contribution is -2.48. The quantitative estimate of drug-likeness (QED) is 0.719. The molecule has 0 spiro atoms. The van der Waals surface area contributed by atoms with Crippen molar-refractivity contribution in [3.63, 3.8) is 0 Å². The molecule has 8 nitrogen and oxygen atoms in total. The predicted octanol–water partition coefficient (Wildman–Crippen LogP) is 1.65. The summed E-state index contributed by atoms with van der Waals surface area (Å²) in [4.78, 5) is 12.3. The molecule has 2 aromatic carbocycles. The maximum absolute atomic E-state index is 12.3. The summed E-state index contributed by atoms with van der Waals surface area (Å²) < 4.78 is 34.9. The van der Waals surface area contributed by atoms with Crippen LogP contribution in [0.25, 0.3) is 0 Å². The summed E-state index contributed by atoms with van der Waals surface area (Å²) in [6, 6.07) is 13.7. The van der Waals surface area contributed by atoms with Crippen molar-refractivity contribution in [2.75, 3.05) is 11.3 Å². The largest absolute Gasteiger partial charge is 0.490 e. The van der Waals surface area contributed by atoms with E-state index in [4.69, 9.17) is 10.5 Å². The number of fused-ring (bicyclic) bond motifs is 1. The molecular formula is C18H20N4O4S. The van der Waals surface area contributed by atoms with E-state index in [1.54, 1.807) is 42.5 Å². The van der Waals surface area contributed by atoms with Gasteiger partial charge in [0.15, 0.2) is 5.84 Å². The summed E-state index contributed by atoms with van der Waals surface area (Å²) in [7, 11) is -3.85. The van der Waals surface area contributed by atoms with E-state index in [1.807, 2.05) is 19.9 Å². The Morgan fingerprint density at radius 2 is 1.89 bits per heavy atom. The maximum Gasteiger partial charge on any atom is 0.344 e. The first-order valence-electron chi connectivity index (χ1n) is 8.19. The molecule has 1 heterocycles. The number of amidine groups is 1. The van der Waals surface area contributed by atoms with Crippen molar-refractivity contribution in [3.05, 3.63) is 59.7 Å². The first kappa shape index (κ1) is 18.7. The maximum atomic E-state index is 12.3. The molecule has 2 aromatic rings. The number of benzene rings is 2. The van der Waals surface area contributed by atoms with Crippen molar-refractivity contribution in [2.45, 2.75) is 19.4 Å². The summed E-state index contributed by atoms with van der Waals surface area (Å²) in [5.74, 6) is 0.0109. The van der Waals surface area contributed by atoms with Gasteiger partial charge in [0, 0.05) is 5.56 Å². The van der Waals surface area contributed by atoms with Gasteiger partial charge in [-0.3, -0.25) is 9.52 Å². The third-order valence-electron chi connectivity index (χ3n) is 3.82. The third kappa shape index (κ3) is 4.37. The van der Waals surface area contributed by atoms with Crippen molar-refractivity contribution < 1.29 is 17.9 Å². The van der Waals surface area contributed by atoms with Gasteiger partial charge >= 0.3 is 10.2 Å². The molecule has 1 aliphatic heterocycles. The smallest absolute Gasteiger partial charge is 0.344 e. The molecule has 3 rings (SSSR count). The second-order valence-electron chi connectivity index (χ2n) is 6.73. The molecule has 0 fully saturated rings. The van der Waals surface area contributed by atoms with Crippen LogP contribution < -0.4 is 20.5 Å². The Hall–Kier alpha value is -3.07. The fraction of sp³-hybridized carbons (Fsp3) is 0.222. The van der Waals surface area contributed by atoms with E-state index in [0.29, 0.717) is 22.6 Å². The van der Waals surface area contributed by atoms with E-state index in [9.17, 15) is 13.2 Å². The highest BCUT2D eigenvalue weighted by Gasteiger charge is 2.27. The topological polar surface area (TPSA) is 123 Å². The molecule has 0 unspecified atom stereocenters. The summed E-state index contributed by atoms with van der Waals surface area (Å²) >= 11 is 0. The average Bonchev–Trinajstić information content (AvgIpc) is 2.59. The molecular weight excluding hydrogens is 368 g/mol. The van der Waals surface area contributed by atoms with Crippen LogP contribution in [0.5, 0.6) is 5.75 Å². The Kier molecular flexibility index (Phi) is 4.79. The van der Waals surface area contributed by atoms with Crippen LogP contribution in [0.4, 0.5) is 5.69 Å². The minimum absolute atomic E-state index is 0.141. The van der Waals surface area contributed by atoms with Crippen molar-refractivity contribution >= 4 is 27.6 Å². The van der Waals surface area contributed by atoms with E-state index in [0.717, 1.165) is 0 Å². The van der Waals surface area contributed by atoms with Crippen LogP contribution in [0.3, 0.4) is 0 Å². The van der Waals surface area contributed by atoms with Gasteiger partial charge in [0.1, 0.15) is 12.4 Å². The van der Waals surface area contributed by atoms with E-state index < -0.39 is 15.7 Å². The lowest BCUT2D eigenvalue weighted by atomic mass is 10.1. The molecule has 4 N–H and O–H groups in total. The SMILES string of the molecule is CC(C)(COc1cccc2c1C(N)=NS(=O)(=O)N2)NC(=O)c1ccccc1. The van der Waals surface area contributed by atoms with Gasteiger partial charge in [0.2, 0.25) is 0 Å². The van der Waals surface area contributed by atoms with E-state index >= 15 is 0 Å². The Balaban J connectivity index is 1.75. The van der Waals surface area contributed by atoms with Gasteiger partial charge in [-0.05, 0) is 38.1 Å². The van der Waals surface area contributed by atoms with Gasteiger partial charge in [-0.1, -0.05) is 24.3 Å². The van der Waals surface area contributed by atoms with Gasteiger partial charge in [-0.15, -0.1) is 4.40 Å². The average molecular weight is 388 g/mol. The zero-order chi connectivity index (χ0) is 19.7. The molecule has 0 radical (unpaired) electrons. The van der Waals surface area contributed by atoms with Crippen LogP contribution in [0.2, 0.25) is 0 Å². The van der Waals surface area contributed by atoms with Gasteiger partial charge in [-0.2, -0.15) is 8.42 Å². The summed E-state index contributed by atoms with van der Waals surface area (Å²) in [5.41, 5.74) is 6.33. The third-order valence-corrected chi connectivity index (χ3v) is 4.73. The fourth-order valence-electron chi connectivity index (χ4n) is 2.60. The number of carbonyl (C=O) groups is 1. The number of amides is 1.